The van der Waals surface area contributed by atoms with E-state index in [1.54, 1.807) is 5.01 Å². The van der Waals surface area contributed by atoms with Crippen LogP contribution in [-0.2, 0) is 0 Å². The van der Waals surface area contributed by atoms with Gasteiger partial charge in [-0.2, -0.15) is 0 Å². The second kappa shape index (κ2) is 7.50. The highest BCUT2D eigenvalue weighted by atomic mass is 32.1. The lowest BCUT2D eigenvalue weighted by Gasteiger charge is -2.17. The number of hydrogen-bond acceptors (Lipinski definition) is 2. The average Bonchev–Trinajstić information content (AvgIpc) is 2.10. The Balaban J connectivity index is 3.31. The van der Waals surface area contributed by atoms with Gasteiger partial charge in [-0.05, 0) is 12.8 Å². The Labute approximate surface area is 81.1 Å². The van der Waals surface area contributed by atoms with Crippen LogP contribution in [0, 0.1) is 0 Å². The van der Waals surface area contributed by atoms with Gasteiger partial charge < -0.3 is 5.01 Å². The van der Waals surface area contributed by atoms with Crippen LogP contribution in [0.4, 0.5) is 0 Å². The Bertz CT molecular complexity index is 126. The zero-order valence-electron chi connectivity index (χ0n) is 8.18. The zero-order chi connectivity index (χ0) is 9.40. The number of thiocarbonyl (C=S) groups is 1. The minimum atomic E-state index is 0.867. The lowest BCUT2D eigenvalue weighted by atomic mass is 10.2. The van der Waals surface area contributed by atoms with Crippen molar-refractivity contribution in [2.75, 3.05) is 6.54 Å². The molecule has 0 aliphatic heterocycles. The number of unbranched alkanes of at least 4 members (excludes halogenated alkanes) is 3. The van der Waals surface area contributed by atoms with Crippen LogP contribution in [0.15, 0.2) is 0 Å². The summed E-state index contributed by atoms with van der Waals surface area (Å²) in [5.74, 6) is 5.70. The van der Waals surface area contributed by atoms with Crippen LogP contribution >= 0.6 is 12.2 Å². The largest absolute Gasteiger partial charge is 0.305 e. The molecule has 0 saturated heterocycles. The second-order valence-corrected chi connectivity index (χ2v) is 3.47. The minimum absolute atomic E-state index is 0.867. The molecule has 0 aliphatic carbocycles. The van der Waals surface area contributed by atoms with Crippen LogP contribution in [0.2, 0.25) is 0 Å². The van der Waals surface area contributed by atoms with Gasteiger partial charge in [0.1, 0.15) is 0 Å². The van der Waals surface area contributed by atoms with E-state index in [2.05, 4.69) is 6.92 Å². The van der Waals surface area contributed by atoms with E-state index < -0.39 is 0 Å². The predicted molar refractivity (Wildman–Crippen MR) is 57.9 cm³/mol. The number of hydrogen-bond donors (Lipinski definition) is 1. The molecule has 2 N–H and O–H groups in total. The van der Waals surface area contributed by atoms with E-state index in [-0.39, 0.29) is 0 Å². The molecule has 0 atom stereocenters. The summed E-state index contributed by atoms with van der Waals surface area (Å²) in [7, 11) is 0. The third-order valence-corrected chi connectivity index (χ3v) is 2.40. The molecule has 0 bridgehead atoms. The maximum absolute atomic E-state index is 5.70. The normalized spacial score (nSPS) is 9.92. The lowest BCUT2D eigenvalue weighted by Crippen LogP contribution is -2.36. The first kappa shape index (κ1) is 11.8. The summed E-state index contributed by atoms with van der Waals surface area (Å²) in [5, 5.41) is 1.70. The molecule has 0 heterocycles. The highest BCUT2D eigenvalue weighted by Gasteiger charge is 2.00. The standard InChI is InChI=1S/C9H20N2S/c1-3-5-6-7-8-11(10)9(12)4-2/h3-8,10H2,1-2H3. The molecule has 3 heteroatoms. The molecule has 0 unspecified atom stereocenters. The first-order valence-electron chi connectivity index (χ1n) is 4.77. The summed E-state index contributed by atoms with van der Waals surface area (Å²) >= 11 is 5.06. The summed E-state index contributed by atoms with van der Waals surface area (Å²) in [6.45, 7) is 5.15. The molecule has 0 aromatic heterocycles. The van der Waals surface area contributed by atoms with Gasteiger partial charge in [0.2, 0.25) is 0 Å². The fourth-order valence-electron chi connectivity index (χ4n) is 1.04. The van der Waals surface area contributed by atoms with E-state index in [1.807, 2.05) is 6.92 Å². The highest BCUT2D eigenvalue weighted by Crippen LogP contribution is 2.00. The third kappa shape index (κ3) is 5.49. The lowest BCUT2D eigenvalue weighted by molar-refractivity contribution is 0.419. The summed E-state index contributed by atoms with van der Waals surface area (Å²) < 4.78 is 0. The molecule has 0 radical (unpaired) electrons. The third-order valence-electron chi connectivity index (χ3n) is 1.88. The first-order valence-corrected chi connectivity index (χ1v) is 5.18. The number of nitrogens with two attached hydrogens (primary N) is 1. The van der Waals surface area contributed by atoms with Gasteiger partial charge in [0, 0.05) is 6.54 Å². The Morgan fingerprint density at radius 3 is 2.42 bits per heavy atom. The van der Waals surface area contributed by atoms with Gasteiger partial charge in [-0.25, -0.2) is 5.84 Å². The smallest absolute Gasteiger partial charge is 0.0916 e. The van der Waals surface area contributed by atoms with Gasteiger partial charge >= 0.3 is 0 Å². The Kier molecular flexibility index (Phi) is 7.40. The highest BCUT2D eigenvalue weighted by molar-refractivity contribution is 7.80. The Morgan fingerprint density at radius 2 is 1.92 bits per heavy atom. The first-order chi connectivity index (χ1) is 5.72. The van der Waals surface area contributed by atoms with Crippen LogP contribution in [0.25, 0.3) is 0 Å². The van der Waals surface area contributed by atoms with Crippen molar-refractivity contribution in [3.05, 3.63) is 0 Å². The maximum atomic E-state index is 5.70. The van der Waals surface area contributed by atoms with Gasteiger partial charge in [0.25, 0.3) is 0 Å². The van der Waals surface area contributed by atoms with Crippen molar-refractivity contribution in [2.24, 2.45) is 5.84 Å². The van der Waals surface area contributed by atoms with Crippen molar-refractivity contribution in [3.8, 4) is 0 Å². The summed E-state index contributed by atoms with van der Waals surface area (Å²) in [5.41, 5.74) is 0. The summed E-state index contributed by atoms with van der Waals surface area (Å²) in [6.07, 6.45) is 5.86. The van der Waals surface area contributed by atoms with E-state index in [4.69, 9.17) is 18.1 Å². The molecule has 0 spiro atoms. The van der Waals surface area contributed by atoms with Crippen molar-refractivity contribution in [2.45, 2.75) is 46.0 Å². The average molecular weight is 188 g/mol. The molecule has 72 valence electrons. The molecule has 0 aromatic rings. The molecule has 0 aliphatic rings. The maximum Gasteiger partial charge on any atom is 0.0916 e. The molecular weight excluding hydrogens is 168 g/mol. The molecule has 12 heavy (non-hydrogen) atoms. The summed E-state index contributed by atoms with van der Waals surface area (Å²) in [6, 6.07) is 0. The molecule has 2 nitrogen and oxygen atoms in total. The Hall–Kier alpha value is -0.150. The molecule has 0 aromatic carbocycles. The minimum Gasteiger partial charge on any atom is -0.305 e. The fraction of sp³-hybridized carbons (Fsp3) is 0.889. The number of hydrazine groups is 1. The van der Waals surface area contributed by atoms with Gasteiger partial charge in [-0.15, -0.1) is 0 Å². The molecule has 0 rings (SSSR count). The van der Waals surface area contributed by atoms with E-state index in [0.717, 1.165) is 24.4 Å². The predicted octanol–water partition coefficient (Wildman–Crippen LogP) is 2.48. The molecule has 0 fully saturated rings. The van der Waals surface area contributed by atoms with Crippen LogP contribution in [0.1, 0.15) is 46.0 Å². The van der Waals surface area contributed by atoms with Crippen molar-refractivity contribution in [3.63, 3.8) is 0 Å². The van der Waals surface area contributed by atoms with E-state index >= 15 is 0 Å². The van der Waals surface area contributed by atoms with Crippen molar-refractivity contribution < 1.29 is 0 Å². The van der Waals surface area contributed by atoms with Crippen molar-refractivity contribution in [1.29, 1.82) is 0 Å². The second-order valence-electron chi connectivity index (χ2n) is 3.00. The van der Waals surface area contributed by atoms with Crippen LogP contribution in [-0.4, -0.2) is 16.5 Å². The van der Waals surface area contributed by atoms with Gasteiger partial charge in [-0.1, -0.05) is 45.3 Å². The zero-order valence-corrected chi connectivity index (χ0v) is 8.99. The molecule has 0 saturated carbocycles. The summed E-state index contributed by atoms with van der Waals surface area (Å²) in [4.78, 5) is 0.867. The van der Waals surface area contributed by atoms with Gasteiger partial charge in [-0.3, -0.25) is 0 Å². The molecular formula is C9H20N2S. The van der Waals surface area contributed by atoms with E-state index in [9.17, 15) is 0 Å². The van der Waals surface area contributed by atoms with Crippen LogP contribution < -0.4 is 5.84 Å². The quantitative estimate of drug-likeness (QED) is 0.300. The van der Waals surface area contributed by atoms with Crippen LogP contribution in [0.5, 0.6) is 0 Å². The van der Waals surface area contributed by atoms with E-state index in [1.165, 1.54) is 19.3 Å². The fourth-order valence-corrected chi connectivity index (χ4v) is 1.13. The van der Waals surface area contributed by atoms with E-state index in [0.29, 0.717) is 0 Å². The number of rotatable bonds is 6. The number of nitrogens with zero attached hydrogens (tertiary/aromatic N) is 1. The molecule has 0 amide bonds. The van der Waals surface area contributed by atoms with Gasteiger partial charge in [0.15, 0.2) is 0 Å². The van der Waals surface area contributed by atoms with Crippen molar-refractivity contribution >= 4 is 17.2 Å². The monoisotopic (exact) mass is 188 g/mol. The topological polar surface area (TPSA) is 29.3 Å². The van der Waals surface area contributed by atoms with Crippen LogP contribution in [0.3, 0.4) is 0 Å². The van der Waals surface area contributed by atoms with Crippen molar-refractivity contribution in [1.82, 2.24) is 5.01 Å². The Morgan fingerprint density at radius 1 is 1.25 bits per heavy atom. The SMILES string of the molecule is CCCCCCN(N)C(=S)CC. The van der Waals surface area contributed by atoms with Gasteiger partial charge in [0.05, 0.1) is 4.99 Å².